The first-order valence-corrected chi connectivity index (χ1v) is 1.16. The van der Waals surface area contributed by atoms with Gasteiger partial charge in [-0.15, -0.1) is 24.0 Å². The minimum Gasteiger partial charge on any atom is -0.361 e. The smallest absolute Gasteiger partial charge is 0.273 e. The summed E-state index contributed by atoms with van der Waals surface area (Å²) in [5.41, 5.74) is 4.34. The number of thiol groups is 1. The first-order valence-electron chi connectivity index (χ1n) is 0.716. The number of amides is 1. The van der Waals surface area contributed by atoms with Gasteiger partial charge >= 0.3 is 0 Å². The molecule has 0 fully saturated rings. The number of hydrogen-bond donors (Lipinski definition) is 2. The lowest BCUT2D eigenvalue weighted by molar-refractivity contribution is 0.267. The molecule has 2 nitrogen and oxygen atoms in total. The second-order valence-corrected chi connectivity index (χ2v) is 0.779. The van der Waals surface area contributed by atoms with Crippen molar-refractivity contribution < 1.29 is 4.79 Å². The molecule has 1 amide bonds. The van der Waals surface area contributed by atoms with E-state index in [9.17, 15) is 0 Å². The minimum absolute atomic E-state index is 0. The van der Waals surface area contributed by atoms with E-state index in [-0.39, 0.29) is 24.0 Å². The Morgan fingerprint density at radius 3 is 1.80 bits per heavy atom. The molecule has 0 bridgehead atoms. The van der Waals surface area contributed by atoms with Crippen molar-refractivity contribution in [3.63, 3.8) is 0 Å². The summed E-state index contributed by atoms with van der Waals surface area (Å²) in [4.78, 5) is 9.09. The van der Waals surface area contributed by atoms with Crippen LogP contribution in [0.25, 0.3) is 0 Å². The van der Waals surface area contributed by atoms with Crippen LogP contribution in [-0.4, -0.2) is 5.24 Å². The molecule has 0 saturated carbocycles. The first-order chi connectivity index (χ1) is 1.73. The van der Waals surface area contributed by atoms with Crippen molar-refractivity contribution in [2.75, 3.05) is 0 Å². The monoisotopic (exact) mass is 205 g/mol. The van der Waals surface area contributed by atoms with Crippen molar-refractivity contribution in [3.8, 4) is 0 Å². The van der Waals surface area contributed by atoms with Crippen molar-refractivity contribution in [2.45, 2.75) is 0 Å². The van der Waals surface area contributed by atoms with E-state index >= 15 is 0 Å². The molecule has 0 radical (unpaired) electrons. The summed E-state index contributed by atoms with van der Waals surface area (Å²) < 4.78 is 0. The molecule has 5 heavy (non-hydrogen) atoms. The molecule has 0 aliphatic rings. The number of carbonyl (C=O) groups is 1. The molecule has 0 atom stereocenters. The van der Waals surface area contributed by atoms with Gasteiger partial charge in [-0.25, -0.2) is 0 Å². The van der Waals surface area contributed by atoms with Gasteiger partial charge in [0.2, 0.25) is 0 Å². The van der Waals surface area contributed by atoms with Crippen molar-refractivity contribution in [2.24, 2.45) is 5.73 Å². The molecule has 0 heterocycles. The maximum absolute atomic E-state index is 9.09. The van der Waals surface area contributed by atoms with E-state index in [1.165, 1.54) is 0 Å². The highest BCUT2D eigenvalue weighted by Gasteiger charge is 1.63. The second-order valence-electron chi connectivity index (χ2n) is 0.338. The topological polar surface area (TPSA) is 43.1 Å². The zero-order valence-corrected chi connectivity index (χ0v) is 5.57. The van der Waals surface area contributed by atoms with E-state index in [0.29, 0.717) is 0 Å². The van der Waals surface area contributed by atoms with E-state index < -0.39 is 5.24 Å². The standard InChI is InChI=1S/CH3NOS.HI/c2-1(3)4;/h(H3,2,3,4);1H. The van der Waals surface area contributed by atoms with Gasteiger partial charge in [-0.1, -0.05) is 12.6 Å². The van der Waals surface area contributed by atoms with E-state index in [1.807, 2.05) is 0 Å². The van der Waals surface area contributed by atoms with Crippen LogP contribution in [-0.2, 0) is 0 Å². The van der Waals surface area contributed by atoms with Gasteiger partial charge in [0, 0.05) is 0 Å². The number of rotatable bonds is 0. The number of primary amides is 1. The highest BCUT2D eigenvalue weighted by Crippen LogP contribution is 1.60. The summed E-state index contributed by atoms with van der Waals surface area (Å²) in [7, 11) is 0. The van der Waals surface area contributed by atoms with Gasteiger partial charge in [-0.3, -0.25) is 4.79 Å². The van der Waals surface area contributed by atoms with Crippen LogP contribution in [0.2, 0.25) is 0 Å². The third kappa shape index (κ3) is 97.8. The Morgan fingerprint density at radius 1 is 1.80 bits per heavy atom. The highest BCUT2D eigenvalue weighted by atomic mass is 127. The fourth-order valence-electron chi connectivity index (χ4n) is 0. The molecular weight excluding hydrogens is 201 g/mol. The molecular formula is CH4INOS. The molecule has 0 rings (SSSR count). The molecule has 0 aromatic carbocycles. The summed E-state index contributed by atoms with van der Waals surface area (Å²) in [6.45, 7) is 0. The van der Waals surface area contributed by atoms with Gasteiger partial charge in [0.1, 0.15) is 0 Å². The summed E-state index contributed by atoms with van der Waals surface area (Å²) in [6, 6.07) is 0. The molecule has 0 spiro atoms. The van der Waals surface area contributed by atoms with Crippen molar-refractivity contribution in [1.29, 1.82) is 0 Å². The van der Waals surface area contributed by atoms with Crippen LogP contribution >= 0.6 is 36.6 Å². The molecule has 0 aromatic heterocycles. The molecule has 0 aliphatic heterocycles. The Morgan fingerprint density at radius 2 is 1.80 bits per heavy atom. The fourth-order valence-corrected chi connectivity index (χ4v) is 0. The zero-order valence-electron chi connectivity index (χ0n) is 2.34. The molecule has 0 saturated heterocycles. The predicted molar refractivity (Wildman–Crippen MR) is 34.0 cm³/mol. The average molecular weight is 205 g/mol. The number of hydrogen-bond acceptors (Lipinski definition) is 1. The highest BCUT2D eigenvalue weighted by molar-refractivity contribution is 14.0. The van der Waals surface area contributed by atoms with Gasteiger partial charge in [-0.05, 0) is 0 Å². The third-order valence-corrected chi connectivity index (χ3v) is 0. The lowest BCUT2D eigenvalue weighted by atomic mass is 11.5. The van der Waals surface area contributed by atoms with Crippen LogP contribution in [0.15, 0.2) is 0 Å². The lowest BCUT2D eigenvalue weighted by Gasteiger charge is -1.58. The lowest BCUT2D eigenvalue weighted by Crippen LogP contribution is -1.95. The molecule has 32 valence electrons. The van der Waals surface area contributed by atoms with Crippen molar-refractivity contribution in [1.82, 2.24) is 0 Å². The van der Waals surface area contributed by atoms with Gasteiger partial charge in [0.25, 0.3) is 5.24 Å². The second kappa shape index (κ2) is 4.55. The molecule has 0 unspecified atom stereocenters. The molecule has 4 heteroatoms. The van der Waals surface area contributed by atoms with E-state index in [2.05, 4.69) is 18.4 Å². The van der Waals surface area contributed by atoms with Crippen LogP contribution in [0.1, 0.15) is 0 Å². The van der Waals surface area contributed by atoms with Gasteiger partial charge < -0.3 is 5.73 Å². The van der Waals surface area contributed by atoms with Gasteiger partial charge in [-0.2, -0.15) is 0 Å². The Bertz CT molecular complexity index is 34.6. The quantitative estimate of drug-likeness (QED) is 0.441. The summed E-state index contributed by atoms with van der Waals surface area (Å²) in [5.74, 6) is 0. The zero-order chi connectivity index (χ0) is 3.58. The van der Waals surface area contributed by atoms with Crippen molar-refractivity contribution >= 4 is 41.8 Å². The fraction of sp³-hybridized carbons (Fsp3) is 0. The van der Waals surface area contributed by atoms with Gasteiger partial charge in [0.15, 0.2) is 0 Å². The Hall–Kier alpha value is 0.550. The molecule has 0 aliphatic carbocycles. The molecule has 0 aromatic rings. The SMILES string of the molecule is I.NC(=O)S. The number of halogens is 1. The minimum atomic E-state index is -0.639. The Balaban J connectivity index is 0. The van der Waals surface area contributed by atoms with Crippen LogP contribution in [0, 0.1) is 0 Å². The maximum Gasteiger partial charge on any atom is 0.273 e. The van der Waals surface area contributed by atoms with Crippen LogP contribution in [0.5, 0.6) is 0 Å². The number of nitrogens with two attached hydrogens (primary N) is 1. The van der Waals surface area contributed by atoms with Gasteiger partial charge in [0.05, 0.1) is 0 Å². The summed E-state index contributed by atoms with van der Waals surface area (Å²) in [6.07, 6.45) is 0. The summed E-state index contributed by atoms with van der Waals surface area (Å²) >= 11 is 3.10. The third-order valence-electron chi connectivity index (χ3n) is 0. The maximum atomic E-state index is 9.09. The first kappa shape index (κ1) is 9.12. The Kier molecular flexibility index (Phi) is 8.30. The summed E-state index contributed by atoms with van der Waals surface area (Å²) in [5, 5.41) is -0.639. The van der Waals surface area contributed by atoms with Crippen molar-refractivity contribution in [3.05, 3.63) is 0 Å². The normalized spacial score (nSPS) is 5.00. The average Bonchev–Trinajstić information content (AvgIpc) is 0.811. The largest absolute Gasteiger partial charge is 0.361 e. The van der Waals surface area contributed by atoms with E-state index in [4.69, 9.17) is 4.79 Å². The van der Waals surface area contributed by atoms with Crippen LogP contribution in [0.3, 0.4) is 0 Å². The van der Waals surface area contributed by atoms with Crippen LogP contribution in [0.4, 0.5) is 4.79 Å². The van der Waals surface area contributed by atoms with E-state index in [0.717, 1.165) is 0 Å². The molecule has 2 N–H and O–H groups in total. The van der Waals surface area contributed by atoms with E-state index in [1.54, 1.807) is 0 Å². The predicted octanol–water partition coefficient (Wildman–Crippen LogP) is 0.613. The Labute approximate surface area is 52.5 Å². The number of carbonyl (C=O) groups excluding carboxylic acids is 1. The van der Waals surface area contributed by atoms with Crippen LogP contribution < -0.4 is 5.73 Å².